The summed E-state index contributed by atoms with van der Waals surface area (Å²) in [5.41, 5.74) is 2.08. The lowest BCUT2D eigenvalue weighted by Crippen LogP contribution is -2.15. The molecule has 0 bridgehead atoms. The lowest BCUT2D eigenvalue weighted by molar-refractivity contribution is 0.415. The Bertz CT molecular complexity index is 720. The van der Waals surface area contributed by atoms with E-state index in [2.05, 4.69) is 9.97 Å². The van der Waals surface area contributed by atoms with E-state index in [1.54, 1.807) is 20.1 Å². The van der Waals surface area contributed by atoms with Gasteiger partial charge in [-0.2, -0.15) is 0 Å². The maximum Gasteiger partial charge on any atom is 0.254 e. The Morgan fingerprint density at radius 3 is 2.80 bits per heavy atom. The van der Waals surface area contributed by atoms with Crippen molar-refractivity contribution in [2.24, 2.45) is 0 Å². The van der Waals surface area contributed by atoms with Gasteiger partial charge >= 0.3 is 0 Å². The molecule has 0 saturated heterocycles. The molecule has 0 radical (unpaired) electrons. The zero-order chi connectivity index (χ0) is 14.3. The molecule has 1 aromatic heterocycles. The van der Waals surface area contributed by atoms with Crippen molar-refractivity contribution in [1.29, 1.82) is 0 Å². The number of H-pyrrole nitrogens is 1. The largest absolute Gasteiger partial charge is 0.495 e. The number of halogens is 1. The number of aromatic nitrogens is 2. The van der Waals surface area contributed by atoms with E-state index >= 15 is 0 Å². The molecule has 4 nitrogen and oxygen atoms in total. The minimum atomic E-state index is -0.0779. The third kappa shape index (κ3) is 2.31. The summed E-state index contributed by atoms with van der Waals surface area (Å²) in [7, 11) is 1.57. The van der Waals surface area contributed by atoms with Gasteiger partial charge in [0.05, 0.1) is 17.8 Å². The molecule has 1 aromatic carbocycles. The van der Waals surface area contributed by atoms with Gasteiger partial charge in [-0.25, -0.2) is 4.98 Å². The van der Waals surface area contributed by atoms with E-state index in [1.165, 1.54) is 0 Å². The smallest absolute Gasteiger partial charge is 0.254 e. The summed E-state index contributed by atoms with van der Waals surface area (Å²) in [4.78, 5) is 19.5. The fourth-order valence-electron chi connectivity index (χ4n) is 2.19. The maximum absolute atomic E-state index is 12.0. The Balaban J connectivity index is 2.15. The molecule has 2 aromatic rings. The Labute approximate surface area is 121 Å². The fraction of sp³-hybridized carbons (Fsp3) is 0.333. The summed E-state index contributed by atoms with van der Waals surface area (Å²) in [5, 5.41) is 0.543. The minimum absolute atomic E-state index is 0.0779. The maximum atomic E-state index is 12.0. The van der Waals surface area contributed by atoms with Crippen LogP contribution in [0.15, 0.2) is 23.0 Å². The van der Waals surface area contributed by atoms with Crippen LogP contribution < -0.4 is 10.3 Å². The van der Waals surface area contributed by atoms with Crippen LogP contribution in [0.25, 0.3) is 11.3 Å². The zero-order valence-electron chi connectivity index (χ0n) is 11.4. The zero-order valence-corrected chi connectivity index (χ0v) is 12.1. The van der Waals surface area contributed by atoms with Crippen molar-refractivity contribution < 1.29 is 4.74 Å². The highest BCUT2D eigenvalue weighted by molar-refractivity contribution is 6.32. The number of rotatable bonds is 3. The highest BCUT2D eigenvalue weighted by Gasteiger charge is 2.27. The predicted octanol–water partition coefficient (Wildman–Crippen LogP) is 3.28. The molecule has 1 aliphatic carbocycles. The average Bonchev–Trinajstić information content (AvgIpc) is 3.27. The van der Waals surface area contributed by atoms with Crippen LogP contribution in [0.4, 0.5) is 0 Å². The van der Waals surface area contributed by atoms with Gasteiger partial charge in [-0.3, -0.25) is 4.79 Å². The first-order chi connectivity index (χ1) is 9.60. The quantitative estimate of drug-likeness (QED) is 0.944. The summed E-state index contributed by atoms with van der Waals surface area (Å²) < 4.78 is 5.22. The lowest BCUT2D eigenvalue weighted by Gasteiger charge is -2.09. The molecular weight excluding hydrogens is 276 g/mol. The summed E-state index contributed by atoms with van der Waals surface area (Å²) >= 11 is 6.03. The van der Waals surface area contributed by atoms with Crippen molar-refractivity contribution in [2.75, 3.05) is 7.11 Å². The third-order valence-corrected chi connectivity index (χ3v) is 3.87. The van der Waals surface area contributed by atoms with E-state index in [0.717, 1.165) is 24.2 Å². The molecule has 1 N–H and O–H groups in total. The number of hydrogen-bond donors (Lipinski definition) is 1. The average molecular weight is 291 g/mol. The SMILES string of the molecule is COc1cc(-c2nc(C3CC3)[nH]c(=O)c2C)ccc1Cl. The van der Waals surface area contributed by atoms with Gasteiger partial charge in [-0.1, -0.05) is 17.7 Å². The number of benzene rings is 1. The molecular formula is C15H15ClN2O2. The number of nitrogens with zero attached hydrogens (tertiary/aromatic N) is 1. The fourth-order valence-corrected chi connectivity index (χ4v) is 2.38. The van der Waals surface area contributed by atoms with Crippen molar-refractivity contribution in [2.45, 2.75) is 25.7 Å². The van der Waals surface area contributed by atoms with E-state index in [-0.39, 0.29) is 5.56 Å². The van der Waals surface area contributed by atoms with Gasteiger partial charge in [0.15, 0.2) is 0 Å². The number of hydrogen-bond acceptors (Lipinski definition) is 3. The van der Waals surface area contributed by atoms with Gasteiger partial charge < -0.3 is 9.72 Å². The first-order valence-corrected chi connectivity index (χ1v) is 6.92. The van der Waals surface area contributed by atoms with Crippen LogP contribution in [0.5, 0.6) is 5.75 Å². The minimum Gasteiger partial charge on any atom is -0.495 e. The van der Waals surface area contributed by atoms with Gasteiger partial charge in [0.2, 0.25) is 0 Å². The standard InChI is InChI=1S/C15H15ClN2O2/c1-8-13(10-5-6-11(16)12(7-10)20-2)17-14(9-3-4-9)18-15(8)19/h5-7,9H,3-4H2,1-2H3,(H,17,18,19). The van der Waals surface area contributed by atoms with Crippen LogP contribution in [-0.2, 0) is 0 Å². The van der Waals surface area contributed by atoms with Crippen LogP contribution in [-0.4, -0.2) is 17.1 Å². The molecule has 0 spiro atoms. The van der Waals surface area contributed by atoms with Crippen LogP contribution in [0.2, 0.25) is 5.02 Å². The molecule has 0 aliphatic heterocycles. The molecule has 1 saturated carbocycles. The number of ether oxygens (including phenoxy) is 1. The van der Waals surface area contributed by atoms with E-state index in [4.69, 9.17) is 16.3 Å². The Kier molecular flexibility index (Phi) is 3.26. The molecule has 3 rings (SSSR count). The molecule has 0 atom stereocenters. The molecule has 0 unspecified atom stereocenters. The predicted molar refractivity (Wildman–Crippen MR) is 78.6 cm³/mol. The van der Waals surface area contributed by atoms with Gasteiger partial charge in [-0.05, 0) is 31.9 Å². The summed E-state index contributed by atoms with van der Waals surface area (Å²) in [6.07, 6.45) is 2.19. The van der Waals surface area contributed by atoms with Crippen molar-refractivity contribution >= 4 is 11.6 Å². The highest BCUT2D eigenvalue weighted by Crippen LogP contribution is 2.38. The van der Waals surface area contributed by atoms with E-state index in [1.807, 2.05) is 12.1 Å². The second kappa shape index (κ2) is 4.94. The summed E-state index contributed by atoms with van der Waals surface area (Å²) in [6, 6.07) is 5.43. The number of nitrogens with one attached hydrogen (secondary N) is 1. The Morgan fingerprint density at radius 1 is 1.40 bits per heavy atom. The number of aromatic amines is 1. The first kappa shape index (κ1) is 13.2. The van der Waals surface area contributed by atoms with Gasteiger partial charge in [0.25, 0.3) is 5.56 Å². The molecule has 20 heavy (non-hydrogen) atoms. The number of methoxy groups -OCH3 is 1. The normalized spacial score (nSPS) is 14.3. The second-order valence-electron chi connectivity index (χ2n) is 5.05. The molecule has 104 valence electrons. The van der Waals surface area contributed by atoms with Crippen molar-refractivity contribution in [1.82, 2.24) is 9.97 Å². The van der Waals surface area contributed by atoms with Crippen LogP contribution >= 0.6 is 11.6 Å². The van der Waals surface area contributed by atoms with Gasteiger partial charge in [-0.15, -0.1) is 0 Å². The monoisotopic (exact) mass is 290 g/mol. The van der Waals surface area contributed by atoms with Gasteiger partial charge in [0.1, 0.15) is 11.6 Å². The van der Waals surface area contributed by atoms with Gasteiger partial charge in [0, 0.05) is 17.0 Å². The van der Waals surface area contributed by atoms with Crippen LogP contribution in [0.3, 0.4) is 0 Å². The topological polar surface area (TPSA) is 55.0 Å². The molecule has 5 heteroatoms. The van der Waals surface area contributed by atoms with E-state index in [0.29, 0.717) is 27.9 Å². The molecule has 1 heterocycles. The Morgan fingerprint density at radius 2 is 2.15 bits per heavy atom. The Hall–Kier alpha value is -1.81. The van der Waals surface area contributed by atoms with E-state index in [9.17, 15) is 4.79 Å². The first-order valence-electron chi connectivity index (χ1n) is 6.55. The third-order valence-electron chi connectivity index (χ3n) is 3.56. The molecule has 1 aliphatic rings. The van der Waals surface area contributed by atoms with Crippen molar-refractivity contribution in [3.05, 3.63) is 45.0 Å². The molecule has 1 fully saturated rings. The van der Waals surface area contributed by atoms with Crippen LogP contribution in [0, 0.1) is 6.92 Å². The summed E-state index contributed by atoms with van der Waals surface area (Å²) in [6.45, 7) is 1.78. The van der Waals surface area contributed by atoms with E-state index < -0.39 is 0 Å². The highest BCUT2D eigenvalue weighted by atomic mass is 35.5. The second-order valence-corrected chi connectivity index (χ2v) is 5.46. The molecule has 0 amide bonds. The van der Waals surface area contributed by atoms with Crippen molar-refractivity contribution in [3.8, 4) is 17.0 Å². The van der Waals surface area contributed by atoms with Crippen LogP contribution in [0.1, 0.15) is 30.1 Å². The van der Waals surface area contributed by atoms with Crippen molar-refractivity contribution in [3.63, 3.8) is 0 Å². The summed E-state index contributed by atoms with van der Waals surface area (Å²) in [5.74, 6) is 1.76. The lowest BCUT2D eigenvalue weighted by atomic mass is 10.1.